The van der Waals surface area contributed by atoms with Crippen molar-refractivity contribution in [2.24, 2.45) is 0 Å². The van der Waals surface area contributed by atoms with Gasteiger partial charge in [0.25, 0.3) is 0 Å². The molecule has 3 rings (SSSR count). The van der Waals surface area contributed by atoms with Gasteiger partial charge in [0, 0.05) is 6.20 Å². The van der Waals surface area contributed by atoms with E-state index in [0.717, 1.165) is 28.3 Å². The predicted octanol–water partition coefficient (Wildman–Crippen LogP) is 2.06. The minimum absolute atomic E-state index is 0.453. The number of aromatic nitrogens is 4. The molecule has 0 aliphatic rings. The molecular formula is C13H13N5O. The molecule has 96 valence electrons. The summed E-state index contributed by atoms with van der Waals surface area (Å²) in [5.74, 6) is 1.25. The standard InChI is InChI=1S/C13H13N5O/c1-19-9-4-2-8(3-5-9)11-12(17-18-13(11)14)10-6-7-15-16-10/h2-7H,1H3,(H,15,16)(H3,14,17,18). The highest BCUT2D eigenvalue weighted by molar-refractivity contribution is 5.86. The highest BCUT2D eigenvalue weighted by Gasteiger charge is 2.15. The lowest BCUT2D eigenvalue weighted by atomic mass is 10.0. The number of anilines is 1. The molecule has 0 aliphatic carbocycles. The van der Waals surface area contributed by atoms with E-state index in [-0.39, 0.29) is 0 Å². The second-order valence-electron chi connectivity index (χ2n) is 4.06. The minimum atomic E-state index is 0.453. The number of aromatic amines is 2. The Balaban J connectivity index is 2.11. The van der Waals surface area contributed by atoms with Gasteiger partial charge in [0.1, 0.15) is 5.75 Å². The summed E-state index contributed by atoms with van der Waals surface area (Å²) in [7, 11) is 1.64. The second-order valence-corrected chi connectivity index (χ2v) is 4.06. The molecule has 0 aliphatic heterocycles. The number of nitrogens with zero attached hydrogens (tertiary/aromatic N) is 2. The van der Waals surface area contributed by atoms with E-state index in [2.05, 4.69) is 20.4 Å². The Hall–Kier alpha value is -2.76. The fourth-order valence-electron chi connectivity index (χ4n) is 2.00. The molecule has 1 aromatic carbocycles. The normalized spacial score (nSPS) is 10.6. The first-order valence-electron chi connectivity index (χ1n) is 5.77. The summed E-state index contributed by atoms with van der Waals surface area (Å²) >= 11 is 0. The molecule has 0 radical (unpaired) electrons. The van der Waals surface area contributed by atoms with Crippen LogP contribution in [0.25, 0.3) is 22.5 Å². The van der Waals surface area contributed by atoms with Gasteiger partial charge in [-0.2, -0.15) is 10.2 Å². The number of rotatable bonds is 3. The number of nitrogen functional groups attached to an aromatic ring is 1. The average Bonchev–Trinajstić information content (AvgIpc) is 3.08. The Bertz CT molecular complexity index is 670. The summed E-state index contributed by atoms with van der Waals surface area (Å²) < 4.78 is 5.15. The number of hydrogen-bond acceptors (Lipinski definition) is 4. The molecule has 0 amide bonds. The Morgan fingerprint density at radius 1 is 1.11 bits per heavy atom. The van der Waals surface area contributed by atoms with E-state index in [9.17, 15) is 0 Å². The first-order valence-corrected chi connectivity index (χ1v) is 5.77. The Morgan fingerprint density at radius 3 is 2.53 bits per heavy atom. The van der Waals surface area contributed by atoms with Gasteiger partial charge in [0.15, 0.2) is 5.82 Å². The van der Waals surface area contributed by atoms with Gasteiger partial charge < -0.3 is 10.5 Å². The summed E-state index contributed by atoms with van der Waals surface area (Å²) in [4.78, 5) is 0. The molecule has 0 bridgehead atoms. The van der Waals surface area contributed by atoms with Gasteiger partial charge in [-0.3, -0.25) is 10.2 Å². The van der Waals surface area contributed by atoms with Crippen LogP contribution in [0.1, 0.15) is 0 Å². The van der Waals surface area contributed by atoms with Gasteiger partial charge >= 0.3 is 0 Å². The molecule has 19 heavy (non-hydrogen) atoms. The highest BCUT2D eigenvalue weighted by Crippen LogP contribution is 2.34. The van der Waals surface area contributed by atoms with Crippen molar-refractivity contribution in [2.45, 2.75) is 0 Å². The smallest absolute Gasteiger partial charge is 0.153 e. The van der Waals surface area contributed by atoms with Crippen LogP contribution in [0, 0.1) is 0 Å². The number of nitrogens with one attached hydrogen (secondary N) is 2. The van der Waals surface area contributed by atoms with E-state index in [0.29, 0.717) is 5.82 Å². The zero-order valence-electron chi connectivity index (χ0n) is 10.3. The van der Waals surface area contributed by atoms with Crippen molar-refractivity contribution in [1.29, 1.82) is 0 Å². The van der Waals surface area contributed by atoms with Crippen molar-refractivity contribution < 1.29 is 4.74 Å². The zero-order valence-corrected chi connectivity index (χ0v) is 10.3. The average molecular weight is 255 g/mol. The van der Waals surface area contributed by atoms with E-state index in [1.54, 1.807) is 13.3 Å². The molecule has 0 atom stereocenters. The van der Waals surface area contributed by atoms with Gasteiger partial charge in [-0.1, -0.05) is 12.1 Å². The number of methoxy groups -OCH3 is 1. The van der Waals surface area contributed by atoms with Crippen LogP contribution in [0.2, 0.25) is 0 Å². The Morgan fingerprint density at radius 2 is 1.89 bits per heavy atom. The molecule has 6 nitrogen and oxygen atoms in total. The van der Waals surface area contributed by atoms with Crippen LogP contribution in [0.4, 0.5) is 5.82 Å². The van der Waals surface area contributed by atoms with Gasteiger partial charge in [0.05, 0.1) is 24.1 Å². The van der Waals surface area contributed by atoms with Gasteiger partial charge in [-0.05, 0) is 23.8 Å². The lowest BCUT2D eigenvalue weighted by Crippen LogP contribution is -1.89. The van der Waals surface area contributed by atoms with Crippen molar-refractivity contribution in [2.75, 3.05) is 12.8 Å². The summed E-state index contributed by atoms with van der Waals surface area (Å²) in [6, 6.07) is 9.52. The topological polar surface area (TPSA) is 92.6 Å². The largest absolute Gasteiger partial charge is 0.497 e. The number of benzene rings is 1. The summed E-state index contributed by atoms with van der Waals surface area (Å²) in [5, 5.41) is 13.8. The van der Waals surface area contributed by atoms with E-state index in [4.69, 9.17) is 10.5 Å². The lowest BCUT2D eigenvalue weighted by Gasteiger charge is -2.04. The van der Waals surface area contributed by atoms with E-state index in [1.165, 1.54) is 0 Å². The van der Waals surface area contributed by atoms with Crippen molar-refractivity contribution in [3.05, 3.63) is 36.5 Å². The monoisotopic (exact) mass is 255 g/mol. The maximum atomic E-state index is 5.94. The first kappa shape index (κ1) is 11.3. The maximum Gasteiger partial charge on any atom is 0.153 e. The van der Waals surface area contributed by atoms with Crippen LogP contribution < -0.4 is 10.5 Å². The van der Waals surface area contributed by atoms with E-state index < -0.39 is 0 Å². The van der Waals surface area contributed by atoms with Crippen LogP contribution in [-0.2, 0) is 0 Å². The van der Waals surface area contributed by atoms with Crippen LogP contribution in [0.5, 0.6) is 5.75 Å². The maximum absolute atomic E-state index is 5.94. The second kappa shape index (κ2) is 4.49. The number of nitrogens with two attached hydrogens (primary N) is 1. The molecule has 2 aromatic heterocycles. The molecule has 0 spiro atoms. The SMILES string of the molecule is COc1ccc(-c2c(N)n[nH]c2-c2ccn[nH]2)cc1. The van der Waals surface area contributed by atoms with Crippen LogP contribution in [-0.4, -0.2) is 27.5 Å². The van der Waals surface area contributed by atoms with Crippen LogP contribution >= 0.6 is 0 Å². The van der Waals surface area contributed by atoms with E-state index in [1.807, 2.05) is 30.3 Å². The molecule has 0 saturated carbocycles. The van der Waals surface area contributed by atoms with Crippen molar-refractivity contribution in [3.63, 3.8) is 0 Å². The van der Waals surface area contributed by atoms with Gasteiger partial charge in [-0.15, -0.1) is 0 Å². The molecule has 0 fully saturated rings. The third kappa shape index (κ3) is 1.93. The van der Waals surface area contributed by atoms with Crippen molar-refractivity contribution in [3.8, 4) is 28.3 Å². The predicted molar refractivity (Wildman–Crippen MR) is 72.6 cm³/mol. The summed E-state index contributed by atoms with van der Waals surface area (Å²) in [5.41, 5.74) is 9.43. The van der Waals surface area contributed by atoms with Crippen LogP contribution in [0.3, 0.4) is 0 Å². The summed E-state index contributed by atoms with van der Waals surface area (Å²) in [6.07, 6.45) is 1.68. The lowest BCUT2D eigenvalue weighted by molar-refractivity contribution is 0.415. The van der Waals surface area contributed by atoms with Crippen molar-refractivity contribution in [1.82, 2.24) is 20.4 Å². The first-order chi connectivity index (χ1) is 9.29. The number of hydrogen-bond donors (Lipinski definition) is 3. The zero-order chi connectivity index (χ0) is 13.2. The molecule has 2 heterocycles. The molecule has 0 saturated heterocycles. The van der Waals surface area contributed by atoms with Gasteiger partial charge in [0.2, 0.25) is 0 Å². The molecule has 0 unspecified atom stereocenters. The fraction of sp³-hybridized carbons (Fsp3) is 0.0769. The van der Waals surface area contributed by atoms with Crippen molar-refractivity contribution >= 4 is 5.82 Å². The van der Waals surface area contributed by atoms with Crippen LogP contribution in [0.15, 0.2) is 36.5 Å². The molecule has 3 aromatic rings. The third-order valence-electron chi connectivity index (χ3n) is 2.94. The fourth-order valence-corrected chi connectivity index (χ4v) is 2.00. The highest BCUT2D eigenvalue weighted by atomic mass is 16.5. The van der Waals surface area contributed by atoms with Gasteiger partial charge in [-0.25, -0.2) is 0 Å². The third-order valence-corrected chi connectivity index (χ3v) is 2.94. The minimum Gasteiger partial charge on any atom is -0.497 e. The quantitative estimate of drug-likeness (QED) is 0.667. The molecule has 6 heteroatoms. The number of ether oxygens (including phenoxy) is 1. The summed E-state index contributed by atoms with van der Waals surface area (Å²) in [6.45, 7) is 0. The van der Waals surface area contributed by atoms with E-state index >= 15 is 0 Å². The number of H-pyrrole nitrogens is 2. The Labute approximate surface area is 109 Å². The Kier molecular flexibility index (Phi) is 2.68. The molecule has 4 N–H and O–H groups in total. The molecular weight excluding hydrogens is 242 g/mol.